The van der Waals surface area contributed by atoms with Crippen LogP contribution in [0.3, 0.4) is 0 Å². The van der Waals surface area contributed by atoms with Crippen LogP contribution >= 0.6 is 11.8 Å². The van der Waals surface area contributed by atoms with E-state index in [1.54, 1.807) is 5.40 Å². The van der Waals surface area contributed by atoms with Crippen molar-refractivity contribution >= 4 is 17.4 Å². The molecule has 0 heterocycles. The molecular weight excluding hydrogens is 213 g/mol. The van der Waals surface area contributed by atoms with Gasteiger partial charge in [-0.05, 0) is 30.0 Å². The molecule has 0 fully saturated rings. The first-order chi connectivity index (χ1) is 6.45. The van der Waals surface area contributed by atoms with Crippen molar-refractivity contribution in [3.8, 4) is 5.40 Å². The van der Waals surface area contributed by atoms with Crippen LogP contribution in [0, 0.1) is 10.7 Å². The highest BCUT2D eigenvalue weighted by Crippen LogP contribution is 2.34. The molecular formula is C8H5F3N2S. The third-order valence-electron chi connectivity index (χ3n) is 1.50. The fourth-order valence-electron chi connectivity index (χ4n) is 0.848. The molecule has 2 N–H and O–H groups in total. The van der Waals surface area contributed by atoms with Gasteiger partial charge in [0.15, 0.2) is 0 Å². The number of nitriles is 1. The van der Waals surface area contributed by atoms with E-state index in [4.69, 9.17) is 11.0 Å². The van der Waals surface area contributed by atoms with Crippen molar-refractivity contribution in [3.63, 3.8) is 0 Å². The summed E-state index contributed by atoms with van der Waals surface area (Å²) < 4.78 is 36.6. The van der Waals surface area contributed by atoms with Crippen LogP contribution < -0.4 is 5.73 Å². The molecule has 6 heteroatoms. The number of hydrogen-bond acceptors (Lipinski definition) is 3. The second kappa shape index (κ2) is 3.80. The highest BCUT2D eigenvalue weighted by molar-refractivity contribution is 8.03. The number of nitrogens with zero attached hydrogens (tertiary/aromatic N) is 1. The Kier molecular flexibility index (Phi) is 2.91. The van der Waals surface area contributed by atoms with E-state index in [1.807, 2.05) is 0 Å². The average molecular weight is 218 g/mol. The number of thioether (sulfide) groups is 1. The Balaban J connectivity index is 3.14. The van der Waals surface area contributed by atoms with Crippen molar-refractivity contribution < 1.29 is 13.2 Å². The van der Waals surface area contributed by atoms with Gasteiger partial charge in [-0.2, -0.15) is 18.4 Å². The van der Waals surface area contributed by atoms with Gasteiger partial charge in [0.1, 0.15) is 5.40 Å². The van der Waals surface area contributed by atoms with Gasteiger partial charge in [-0.3, -0.25) is 0 Å². The molecule has 0 radical (unpaired) electrons. The fraction of sp³-hybridized carbons (Fsp3) is 0.125. The SMILES string of the molecule is N#CSc1cc(C(F)(F)F)ccc1N. The van der Waals surface area contributed by atoms with Gasteiger partial charge in [-0.1, -0.05) is 0 Å². The Morgan fingerprint density at radius 2 is 2.00 bits per heavy atom. The first kappa shape index (κ1) is 10.7. The maximum Gasteiger partial charge on any atom is 0.416 e. The first-order valence-electron chi connectivity index (χ1n) is 3.48. The molecule has 1 aromatic rings. The third kappa shape index (κ3) is 2.33. The monoisotopic (exact) mass is 218 g/mol. The first-order valence-corrected chi connectivity index (χ1v) is 4.29. The Morgan fingerprint density at radius 3 is 2.50 bits per heavy atom. The van der Waals surface area contributed by atoms with Gasteiger partial charge in [0.25, 0.3) is 0 Å². The second-order valence-electron chi connectivity index (χ2n) is 2.44. The van der Waals surface area contributed by atoms with Crippen LogP contribution in [0.1, 0.15) is 5.56 Å². The number of alkyl halides is 3. The molecule has 0 saturated heterocycles. The Hall–Kier alpha value is -1.35. The summed E-state index contributed by atoms with van der Waals surface area (Å²) in [4.78, 5) is 0.127. The van der Waals surface area contributed by atoms with Crippen molar-refractivity contribution in [2.45, 2.75) is 11.1 Å². The Labute approximate surface area is 82.5 Å². The molecule has 0 aliphatic carbocycles. The molecule has 0 aromatic heterocycles. The summed E-state index contributed by atoms with van der Waals surface area (Å²) in [6.45, 7) is 0. The number of thiocyanates is 1. The molecule has 14 heavy (non-hydrogen) atoms. The summed E-state index contributed by atoms with van der Waals surface area (Å²) in [7, 11) is 0. The van der Waals surface area contributed by atoms with Crippen LogP contribution in [0.15, 0.2) is 23.1 Å². The van der Waals surface area contributed by atoms with Gasteiger partial charge >= 0.3 is 6.18 Å². The van der Waals surface area contributed by atoms with Crippen molar-refractivity contribution in [1.82, 2.24) is 0 Å². The van der Waals surface area contributed by atoms with Gasteiger partial charge in [-0.15, -0.1) is 0 Å². The number of nitrogens with two attached hydrogens (primary N) is 1. The lowest BCUT2D eigenvalue weighted by molar-refractivity contribution is -0.137. The highest BCUT2D eigenvalue weighted by atomic mass is 32.2. The number of halogens is 3. The maximum atomic E-state index is 12.2. The minimum atomic E-state index is -4.40. The maximum absolute atomic E-state index is 12.2. The summed E-state index contributed by atoms with van der Waals surface area (Å²) in [5.74, 6) is 0. The van der Waals surface area contributed by atoms with E-state index in [0.717, 1.165) is 18.2 Å². The van der Waals surface area contributed by atoms with Crippen LogP contribution in [0.2, 0.25) is 0 Å². The lowest BCUT2D eigenvalue weighted by Gasteiger charge is -2.08. The number of rotatable bonds is 1. The molecule has 0 saturated carbocycles. The van der Waals surface area contributed by atoms with E-state index < -0.39 is 11.7 Å². The molecule has 1 rings (SSSR count). The second-order valence-corrected chi connectivity index (χ2v) is 3.27. The van der Waals surface area contributed by atoms with Gasteiger partial charge in [-0.25, -0.2) is 0 Å². The summed E-state index contributed by atoms with van der Waals surface area (Å²) >= 11 is 0.613. The predicted octanol–water partition coefficient (Wildman–Crippen LogP) is 2.86. The number of nitrogen functional groups attached to an aromatic ring is 1. The van der Waals surface area contributed by atoms with E-state index in [-0.39, 0.29) is 10.6 Å². The van der Waals surface area contributed by atoms with Crippen molar-refractivity contribution in [1.29, 1.82) is 5.26 Å². The molecule has 0 atom stereocenters. The third-order valence-corrected chi connectivity index (χ3v) is 2.16. The molecule has 0 aliphatic rings. The minimum Gasteiger partial charge on any atom is -0.398 e. The van der Waals surface area contributed by atoms with Gasteiger partial charge in [0.05, 0.1) is 5.56 Å². The van der Waals surface area contributed by atoms with Crippen LogP contribution in [0.25, 0.3) is 0 Å². The lowest BCUT2D eigenvalue weighted by atomic mass is 10.2. The smallest absolute Gasteiger partial charge is 0.398 e. The highest BCUT2D eigenvalue weighted by Gasteiger charge is 2.30. The number of anilines is 1. The normalized spacial score (nSPS) is 11.0. The van der Waals surface area contributed by atoms with Gasteiger partial charge < -0.3 is 5.73 Å². The molecule has 0 spiro atoms. The lowest BCUT2D eigenvalue weighted by Crippen LogP contribution is -2.05. The Bertz CT molecular complexity index is 381. The zero-order valence-corrected chi connectivity index (χ0v) is 7.62. The topological polar surface area (TPSA) is 49.8 Å². The van der Waals surface area contributed by atoms with Gasteiger partial charge in [0, 0.05) is 10.6 Å². The summed E-state index contributed by atoms with van der Waals surface area (Å²) in [6, 6.07) is 2.89. The zero-order chi connectivity index (χ0) is 10.8. The fourth-order valence-corrected chi connectivity index (χ4v) is 1.32. The summed E-state index contributed by atoms with van der Waals surface area (Å²) in [5, 5.41) is 9.99. The van der Waals surface area contributed by atoms with Crippen molar-refractivity contribution in [3.05, 3.63) is 23.8 Å². The van der Waals surface area contributed by atoms with E-state index in [2.05, 4.69) is 0 Å². The minimum absolute atomic E-state index is 0.127. The molecule has 0 amide bonds. The molecule has 0 bridgehead atoms. The van der Waals surface area contributed by atoms with Crippen LogP contribution in [0.4, 0.5) is 18.9 Å². The van der Waals surface area contributed by atoms with E-state index in [0.29, 0.717) is 11.8 Å². The van der Waals surface area contributed by atoms with Gasteiger partial charge in [0.2, 0.25) is 0 Å². The van der Waals surface area contributed by atoms with E-state index in [1.165, 1.54) is 0 Å². The standard InChI is InChI=1S/C8H5F3N2S/c9-8(10,11)5-1-2-6(13)7(3-5)14-4-12/h1-3H,13H2. The molecule has 0 unspecified atom stereocenters. The quantitative estimate of drug-likeness (QED) is 0.448. The van der Waals surface area contributed by atoms with Crippen LogP contribution in [-0.4, -0.2) is 0 Å². The van der Waals surface area contributed by atoms with Crippen LogP contribution in [0.5, 0.6) is 0 Å². The molecule has 0 aliphatic heterocycles. The van der Waals surface area contributed by atoms with Crippen molar-refractivity contribution in [2.75, 3.05) is 5.73 Å². The number of benzene rings is 1. The molecule has 74 valence electrons. The van der Waals surface area contributed by atoms with E-state index >= 15 is 0 Å². The van der Waals surface area contributed by atoms with E-state index in [9.17, 15) is 13.2 Å². The number of hydrogen-bond donors (Lipinski definition) is 1. The predicted molar refractivity (Wildman–Crippen MR) is 47.3 cm³/mol. The van der Waals surface area contributed by atoms with Crippen molar-refractivity contribution in [2.24, 2.45) is 0 Å². The summed E-state index contributed by atoms with van der Waals surface area (Å²) in [6.07, 6.45) is -4.40. The Morgan fingerprint density at radius 1 is 1.36 bits per heavy atom. The summed E-state index contributed by atoms with van der Waals surface area (Å²) in [5.41, 5.74) is 4.75. The molecule has 1 aromatic carbocycles. The largest absolute Gasteiger partial charge is 0.416 e. The average Bonchev–Trinajstić information content (AvgIpc) is 2.07. The zero-order valence-electron chi connectivity index (χ0n) is 6.80. The molecule has 2 nitrogen and oxygen atoms in total. The van der Waals surface area contributed by atoms with Crippen LogP contribution in [-0.2, 0) is 6.18 Å².